The average Bonchev–Trinajstić information content (AvgIpc) is 2.49. The Morgan fingerprint density at radius 1 is 1.29 bits per heavy atom. The lowest BCUT2D eigenvalue weighted by Crippen LogP contribution is -2.39. The molecule has 1 rings (SSSR count). The van der Waals surface area contributed by atoms with E-state index in [2.05, 4.69) is 13.5 Å². The number of ketones is 1. The molecule has 118 valence electrons. The molecule has 1 amide bonds. The third kappa shape index (κ3) is 6.30. The molecular weight excluding hydrogens is 302 g/mol. The number of nitrogens with zero attached hydrogens (tertiary/aromatic N) is 1. The molecule has 0 spiro atoms. The molecular formula is C16H25NO2S2. The monoisotopic (exact) mass is 327 g/mol. The summed E-state index contributed by atoms with van der Waals surface area (Å²) in [4.78, 5) is 26.2. The van der Waals surface area contributed by atoms with E-state index in [4.69, 9.17) is 0 Å². The second-order valence-corrected chi connectivity index (χ2v) is 7.50. The Bertz CT molecular complexity index is 424. The third-order valence-corrected chi connectivity index (χ3v) is 5.64. The van der Waals surface area contributed by atoms with Gasteiger partial charge in [-0.3, -0.25) is 9.59 Å². The van der Waals surface area contributed by atoms with Crippen LogP contribution in [0.25, 0.3) is 0 Å². The first-order valence-electron chi connectivity index (χ1n) is 7.34. The smallest absolute Gasteiger partial charge is 0.232 e. The van der Waals surface area contributed by atoms with E-state index in [0.717, 1.165) is 42.2 Å². The van der Waals surface area contributed by atoms with Crippen LogP contribution in [0, 0.1) is 5.92 Å². The van der Waals surface area contributed by atoms with Crippen molar-refractivity contribution in [1.29, 1.82) is 0 Å². The molecule has 0 aromatic heterocycles. The fraction of sp³-hybridized carbons (Fsp3) is 0.625. The fourth-order valence-electron chi connectivity index (χ4n) is 2.07. The molecule has 0 aromatic rings. The van der Waals surface area contributed by atoms with E-state index < -0.39 is 0 Å². The van der Waals surface area contributed by atoms with Crippen molar-refractivity contribution in [2.75, 3.05) is 24.6 Å². The van der Waals surface area contributed by atoms with Gasteiger partial charge in [-0.1, -0.05) is 13.5 Å². The fourth-order valence-corrected chi connectivity index (χ4v) is 3.56. The van der Waals surface area contributed by atoms with Crippen molar-refractivity contribution in [2.45, 2.75) is 33.6 Å². The van der Waals surface area contributed by atoms with Gasteiger partial charge in [-0.25, -0.2) is 0 Å². The SMILES string of the molecule is C=C(S/C=C(\C)C(C)=O)C1CCN(C(=O)CSCC)CC1. The Balaban J connectivity index is 2.38. The average molecular weight is 328 g/mol. The number of amides is 1. The highest BCUT2D eigenvalue weighted by Crippen LogP contribution is 2.32. The zero-order chi connectivity index (χ0) is 15.8. The molecule has 0 bridgehead atoms. The zero-order valence-corrected chi connectivity index (χ0v) is 14.8. The maximum Gasteiger partial charge on any atom is 0.232 e. The van der Waals surface area contributed by atoms with Gasteiger partial charge in [-0.05, 0) is 54.2 Å². The van der Waals surface area contributed by atoms with E-state index in [1.54, 1.807) is 30.4 Å². The van der Waals surface area contributed by atoms with Crippen LogP contribution in [-0.4, -0.2) is 41.2 Å². The highest BCUT2D eigenvalue weighted by Gasteiger charge is 2.24. The van der Waals surface area contributed by atoms with E-state index in [0.29, 0.717) is 11.7 Å². The predicted octanol–water partition coefficient (Wildman–Crippen LogP) is 3.72. The molecule has 0 unspecified atom stereocenters. The quantitative estimate of drug-likeness (QED) is 0.668. The van der Waals surface area contributed by atoms with Gasteiger partial charge >= 0.3 is 0 Å². The second kappa shape index (κ2) is 9.36. The Labute approximate surface area is 136 Å². The van der Waals surface area contributed by atoms with Gasteiger partial charge in [0.15, 0.2) is 5.78 Å². The highest BCUT2D eigenvalue weighted by molar-refractivity contribution is 8.05. The molecule has 0 radical (unpaired) electrons. The Hall–Kier alpha value is -0.680. The van der Waals surface area contributed by atoms with E-state index in [-0.39, 0.29) is 11.7 Å². The number of Topliss-reactive ketones (excluding diaryl/α,β-unsaturated/α-hetero) is 1. The largest absolute Gasteiger partial charge is 0.342 e. The van der Waals surface area contributed by atoms with E-state index in [9.17, 15) is 9.59 Å². The number of hydrogen-bond donors (Lipinski definition) is 0. The van der Waals surface area contributed by atoms with Gasteiger partial charge in [0.25, 0.3) is 0 Å². The first-order valence-corrected chi connectivity index (χ1v) is 9.37. The lowest BCUT2D eigenvalue weighted by Gasteiger charge is -2.32. The van der Waals surface area contributed by atoms with Crippen molar-refractivity contribution in [3.05, 3.63) is 22.5 Å². The van der Waals surface area contributed by atoms with Crippen LogP contribution in [0.2, 0.25) is 0 Å². The lowest BCUT2D eigenvalue weighted by atomic mass is 9.97. The lowest BCUT2D eigenvalue weighted by molar-refractivity contribution is -0.129. The molecule has 1 fully saturated rings. The number of carbonyl (C=O) groups is 2. The summed E-state index contributed by atoms with van der Waals surface area (Å²) in [6.45, 7) is 11.3. The minimum atomic E-state index is 0.101. The van der Waals surface area contributed by atoms with Crippen LogP contribution in [-0.2, 0) is 9.59 Å². The molecule has 3 nitrogen and oxygen atoms in total. The summed E-state index contributed by atoms with van der Waals surface area (Å²) < 4.78 is 0. The van der Waals surface area contributed by atoms with Crippen LogP contribution in [0.1, 0.15) is 33.6 Å². The molecule has 1 heterocycles. The Morgan fingerprint density at radius 3 is 2.43 bits per heavy atom. The number of likely N-dealkylation sites (tertiary alicyclic amines) is 1. The standard InChI is InChI=1S/C16H25NO2S2/c1-5-20-11-16(19)17-8-6-15(7-9-17)14(4)21-10-12(2)13(3)18/h10,15H,4-9,11H2,1-3H3/b12-10+. The summed E-state index contributed by atoms with van der Waals surface area (Å²) >= 11 is 3.24. The van der Waals surface area contributed by atoms with Crippen LogP contribution in [0.15, 0.2) is 22.5 Å². The van der Waals surface area contributed by atoms with Gasteiger partial charge in [0, 0.05) is 13.1 Å². The van der Waals surface area contributed by atoms with Crippen molar-refractivity contribution in [2.24, 2.45) is 5.92 Å². The molecule has 0 atom stereocenters. The van der Waals surface area contributed by atoms with Crippen LogP contribution >= 0.6 is 23.5 Å². The normalized spacial score (nSPS) is 16.9. The minimum absolute atomic E-state index is 0.101. The number of rotatable bonds is 7. The van der Waals surface area contributed by atoms with Crippen LogP contribution in [0.5, 0.6) is 0 Å². The van der Waals surface area contributed by atoms with Gasteiger partial charge < -0.3 is 4.90 Å². The molecule has 1 aliphatic rings. The number of allylic oxidation sites excluding steroid dienone is 2. The number of carbonyl (C=O) groups excluding carboxylic acids is 2. The molecule has 5 heteroatoms. The Morgan fingerprint density at radius 2 is 1.90 bits per heavy atom. The van der Waals surface area contributed by atoms with Crippen molar-refractivity contribution in [1.82, 2.24) is 4.90 Å². The van der Waals surface area contributed by atoms with Gasteiger partial charge in [-0.15, -0.1) is 11.8 Å². The predicted molar refractivity (Wildman–Crippen MR) is 93.5 cm³/mol. The molecule has 0 saturated carbocycles. The first kappa shape index (κ1) is 18.4. The van der Waals surface area contributed by atoms with Gasteiger partial charge in [0.2, 0.25) is 5.91 Å². The van der Waals surface area contributed by atoms with E-state index >= 15 is 0 Å². The summed E-state index contributed by atoms with van der Waals surface area (Å²) in [5.74, 6) is 2.37. The summed E-state index contributed by atoms with van der Waals surface area (Å²) in [7, 11) is 0. The maximum atomic E-state index is 12.0. The summed E-state index contributed by atoms with van der Waals surface area (Å²) in [5, 5.41) is 1.89. The van der Waals surface area contributed by atoms with Crippen molar-refractivity contribution in [3.63, 3.8) is 0 Å². The van der Waals surface area contributed by atoms with E-state index in [1.807, 2.05) is 17.2 Å². The van der Waals surface area contributed by atoms with Crippen molar-refractivity contribution < 1.29 is 9.59 Å². The zero-order valence-electron chi connectivity index (χ0n) is 13.2. The number of thioether (sulfide) groups is 2. The van der Waals surface area contributed by atoms with Gasteiger partial charge in [0.1, 0.15) is 0 Å². The van der Waals surface area contributed by atoms with E-state index in [1.165, 1.54) is 0 Å². The van der Waals surface area contributed by atoms with Crippen LogP contribution in [0.4, 0.5) is 0 Å². The van der Waals surface area contributed by atoms with Crippen LogP contribution < -0.4 is 0 Å². The first-order chi connectivity index (χ1) is 9.95. The topological polar surface area (TPSA) is 37.4 Å². The second-order valence-electron chi connectivity index (χ2n) is 5.23. The number of hydrogen-bond acceptors (Lipinski definition) is 4. The highest BCUT2D eigenvalue weighted by atomic mass is 32.2. The Kier molecular flexibility index (Phi) is 8.19. The van der Waals surface area contributed by atoms with Gasteiger partial charge in [-0.2, -0.15) is 11.8 Å². The molecule has 0 aliphatic carbocycles. The molecule has 1 saturated heterocycles. The molecule has 1 aliphatic heterocycles. The maximum absolute atomic E-state index is 12.0. The summed E-state index contributed by atoms with van der Waals surface area (Å²) in [6.07, 6.45) is 1.95. The van der Waals surface area contributed by atoms with Gasteiger partial charge in [0.05, 0.1) is 5.75 Å². The minimum Gasteiger partial charge on any atom is -0.342 e. The summed E-state index contributed by atoms with van der Waals surface area (Å²) in [6, 6.07) is 0. The van der Waals surface area contributed by atoms with Crippen molar-refractivity contribution >= 4 is 35.2 Å². The van der Waals surface area contributed by atoms with Crippen molar-refractivity contribution in [3.8, 4) is 0 Å². The third-order valence-electron chi connectivity index (χ3n) is 3.68. The molecule has 21 heavy (non-hydrogen) atoms. The summed E-state index contributed by atoms with van der Waals surface area (Å²) in [5.41, 5.74) is 0.769. The number of piperidine rings is 1. The molecule has 0 N–H and O–H groups in total. The van der Waals surface area contributed by atoms with Crippen LogP contribution in [0.3, 0.4) is 0 Å². The molecule has 0 aromatic carbocycles.